The van der Waals surface area contributed by atoms with Gasteiger partial charge in [0, 0.05) is 0 Å². The average Bonchev–Trinajstić information content (AvgIpc) is 3.74. The Morgan fingerprint density at radius 3 is 1.38 bits per heavy atom. The van der Waals surface area contributed by atoms with Crippen LogP contribution >= 0.6 is 0 Å². The molecule has 6 aromatic carbocycles. The zero-order valence-corrected chi connectivity index (χ0v) is 32.8. The van der Waals surface area contributed by atoms with E-state index in [-0.39, 0.29) is 35.6 Å². The number of halogens is 2. The summed E-state index contributed by atoms with van der Waals surface area (Å²) in [5.74, 6) is 0. The van der Waals surface area contributed by atoms with Crippen molar-refractivity contribution in [3.8, 4) is 0 Å². The van der Waals surface area contributed by atoms with Gasteiger partial charge in [0.25, 0.3) is 0 Å². The fraction of sp³-hybridized carbons (Fsp3) is 0.200. The Labute approximate surface area is 315 Å². The molecule has 1 aliphatic rings. The molecule has 0 unspecified atom stereocenters. The molecule has 48 heavy (non-hydrogen) atoms. The summed E-state index contributed by atoms with van der Waals surface area (Å²) >= 11 is 1.46. The molecule has 0 fully saturated rings. The Morgan fingerprint density at radius 2 is 1.00 bits per heavy atom. The summed E-state index contributed by atoms with van der Waals surface area (Å²) < 4.78 is 1.42. The fourth-order valence-electron chi connectivity index (χ4n) is 5.56. The maximum absolute atomic E-state index is 3.15. The summed E-state index contributed by atoms with van der Waals surface area (Å²) in [6.07, 6.45) is 8.36. The molecule has 0 saturated heterocycles. The Bertz CT molecular complexity index is 1860. The van der Waals surface area contributed by atoms with Gasteiger partial charge in [-0.05, 0) is 10.8 Å². The second-order valence-corrected chi connectivity index (χ2v) is 15.2. The second-order valence-electron chi connectivity index (χ2n) is 13.9. The van der Waals surface area contributed by atoms with E-state index in [0.29, 0.717) is 0 Å². The normalized spacial score (nSPS) is 12.1. The Balaban J connectivity index is 0.000000202. The van der Waals surface area contributed by atoms with Gasteiger partial charge in [0.05, 0.1) is 0 Å². The molecule has 0 heterocycles. The molecule has 0 N–H and O–H groups in total. The van der Waals surface area contributed by atoms with Crippen LogP contribution < -0.4 is 24.8 Å². The van der Waals surface area contributed by atoms with Crippen LogP contribution in [0.4, 0.5) is 0 Å². The van der Waals surface area contributed by atoms with Crippen LogP contribution in [0.15, 0.2) is 146 Å². The van der Waals surface area contributed by atoms with Gasteiger partial charge in [-0.2, -0.15) is 11.6 Å². The number of rotatable bonds is 3. The van der Waals surface area contributed by atoms with Gasteiger partial charge in [0.1, 0.15) is 0 Å². The third-order valence-corrected chi connectivity index (χ3v) is 9.78. The average molecular weight is 747 g/mol. The van der Waals surface area contributed by atoms with Gasteiger partial charge in [0.2, 0.25) is 0 Å². The standard InChI is InChI=1S/C21H25.C13H10.C11H9.2ClH.Zr/c1-20(2,3)16-7-9-18-14(12-16)11-15-13-17(21(4,5)6)8-10-19(15)18;1-3-7-12(8-4-1)11-13-9-5-2-6-10-13;1-2-6-10(7-3-1)11-8-4-5-9-11;;;/h7-13H,1-6H3;1-10H;1-3,6-9H,4H2;2*1H;/q-1;;-1;;;+2/p-2. The molecule has 0 atom stereocenters. The van der Waals surface area contributed by atoms with E-state index in [1.807, 2.05) is 6.07 Å². The van der Waals surface area contributed by atoms with Gasteiger partial charge in [-0.25, -0.2) is 6.08 Å². The van der Waals surface area contributed by atoms with Gasteiger partial charge >= 0.3 is 99.2 Å². The minimum atomic E-state index is 0. The van der Waals surface area contributed by atoms with Crippen LogP contribution in [0.1, 0.15) is 75.8 Å². The molecule has 1 aliphatic carbocycles. The summed E-state index contributed by atoms with van der Waals surface area (Å²) in [6.45, 7) is 13.6. The summed E-state index contributed by atoms with van der Waals surface area (Å²) in [5, 5.41) is 5.48. The number of hydrogen-bond acceptors (Lipinski definition) is 0. The molecule has 0 saturated carbocycles. The summed E-state index contributed by atoms with van der Waals surface area (Å²) in [4.78, 5) is 0. The first kappa shape index (κ1) is 39.2. The molecule has 244 valence electrons. The molecule has 0 aliphatic heterocycles. The number of allylic oxidation sites excluding steroid dienone is 4. The first-order chi connectivity index (χ1) is 22.0. The fourth-order valence-corrected chi connectivity index (χ4v) is 6.38. The van der Waals surface area contributed by atoms with Crippen molar-refractivity contribution >= 4 is 30.3 Å². The van der Waals surface area contributed by atoms with Crippen LogP contribution in [-0.2, 0) is 35.1 Å². The molecule has 6 aromatic rings. The third kappa shape index (κ3) is 10.2. The van der Waals surface area contributed by atoms with Gasteiger partial charge in [-0.3, -0.25) is 6.08 Å². The quantitative estimate of drug-likeness (QED) is 0.197. The monoisotopic (exact) mass is 744 g/mol. The first-order valence-corrected chi connectivity index (χ1v) is 17.4. The van der Waals surface area contributed by atoms with Gasteiger partial charge in [-0.1, -0.05) is 107 Å². The number of hydrogen-bond donors (Lipinski definition) is 0. The van der Waals surface area contributed by atoms with Crippen molar-refractivity contribution in [2.24, 2.45) is 0 Å². The van der Waals surface area contributed by atoms with Crippen molar-refractivity contribution in [1.29, 1.82) is 0 Å². The summed E-state index contributed by atoms with van der Waals surface area (Å²) in [7, 11) is 0. The second kappa shape index (κ2) is 17.4. The van der Waals surface area contributed by atoms with Crippen molar-refractivity contribution in [2.45, 2.75) is 58.8 Å². The van der Waals surface area contributed by atoms with Crippen molar-refractivity contribution < 1.29 is 49.0 Å². The molecule has 0 radical (unpaired) electrons. The van der Waals surface area contributed by atoms with E-state index in [0.717, 1.165) is 6.42 Å². The van der Waals surface area contributed by atoms with E-state index >= 15 is 0 Å². The van der Waals surface area contributed by atoms with E-state index in [1.54, 1.807) is 0 Å². The Kier molecular flexibility index (Phi) is 14.3. The Morgan fingerprint density at radius 1 is 0.583 bits per heavy atom. The predicted octanol–water partition coefficient (Wildman–Crippen LogP) is 5.95. The molecule has 0 aromatic heterocycles. The zero-order chi connectivity index (χ0) is 32.7. The molecule has 3 heteroatoms. The van der Waals surface area contributed by atoms with Crippen LogP contribution in [0.25, 0.3) is 27.1 Å². The topological polar surface area (TPSA) is 0 Å². The van der Waals surface area contributed by atoms with Gasteiger partial charge < -0.3 is 24.8 Å². The summed E-state index contributed by atoms with van der Waals surface area (Å²) in [6, 6.07) is 47.7. The SMILES string of the molecule is CC(C)(C)c1ccc2c(c1)[cH-]c1cc(C(C)(C)C)ccc12.[C-]1=CC(c2ccccc2)=CC1.[Cl-].[Cl-].[Zr+2]=[C](c1ccccc1)c1ccccc1. The minimum absolute atomic E-state index is 0. The molecule has 0 bridgehead atoms. The third-order valence-electron chi connectivity index (χ3n) is 8.37. The van der Waals surface area contributed by atoms with Crippen LogP contribution in [0, 0.1) is 6.08 Å². The van der Waals surface area contributed by atoms with Crippen molar-refractivity contribution in [1.82, 2.24) is 0 Å². The van der Waals surface area contributed by atoms with E-state index in [2.05, 4.69) is 187 Å². The Hall–Kier alpha value is -3.22. The molecule has 0 spiro atoms. The van der Waals surface area contributed by atoms with Gasteiger partial charge in [0.15, 0.2) is 0 Å². The van der Waals surface area contributed by atoms with Crippen LogP contribution in [-0.4, -0.2) is 3.21 Å². The zero-order valence-electron chi connectivity index (χ0n) is 28.8. The van der Waals surface area contributed by atoms with E-state index in [4.69, 9.17) is 0 Å². The van der Waals surface area contributed by atoms with Crippen LogP contribution in [0.5, 0.6) is 0 Å². The van der Waals surface area contributed by atoms with E-state index < -0.39 is 0 Å². The number of benzene rings is 5. The molecule has 7 rings (SSSR count). The predicted molar refractivity (Wildman–Crippen MR) is 197 cm³/mol. The molecule has 0 nitrogen and oxygen atoms in total. The van der Waals surface area contributed by atoms with Crippen LogP contribution in [0.3, 0.4) is 0 Å². The van der Waals surface area contributed by atoms with E-state index in [1.165, 1.54) is 82.4 Å². The molecular formula is C45H44Cl2Zr-2. The van der Waals surface area contributed by atoms with Crippen molar-refractivity contribution in [3.63, 3.8) is 0 Å². The van der Waals surface area contributed by atoms with Crippen molar-refractivity contribution in [3.05, 3.63) is 180 Å². The van der Waals surface area contributed by atoms with Gasteiger partial charge in [-0.15, -0.1) is 51.7 Å². The molecule has 0 amide bonds. The summed E-state index contributed by atoms with van der Waals surface area (Å²) in [5.41, 5.74) is 8.46. The van der Waals surface area contributed by atoms with E-state index in [9.17, 15) is 0 Å². The maximum atomic E-state index is 3.15. The van der Waals surface area contributed by atoms with Crippen LogP contribution in [0.2, 0.25) is 0 Å². The van der Waals surface area contributed by atoms with Crippen molar-refractivity contribution in [2.75, 3.05) is 0 Å². The number of fused-ring (bicyclic) bond motifs is 3. The first-order valence-electron chi connectivity index (χ1n) is 16.2. The molecular weight excluding hydrogens is 703 g/mol.